The Morgan fingerprint density at radius 1 is 1.24 bits per heavy atom. The van der Waals surface area contributed by atoms with Gasteiger partial charge >= 0.3 is 0 Å². The number of benzene rings is 2. The fraction of sp³-hybridized carbons (Fsp3) is 0.125. The third-order valence-corrected chi connectivity index (χ3v) is 3.83. The van der Waals surface area contributed by atoms with E-state index < -0.39 is 11.0 Å². The van der Waals surface area contributed by atoms with E-state index >= 15 is 0 Å². The number of hydrogen-bond acceptors (Lipinski definition) is 6. The summed E-state index contributed by atoms with van der Waals surface area (Å²) in [6.45, 7) is 0.0152. The van der Waals surface area contributed by atoms with Crippen molar-refractivity contribution >= 4 is 17.9 Å². The van der Waals surface area contributed by atoms with Crippen molar-refractivity contribution in [3.05, 3.63) is 74.9 Å². The number of aliphatic hydroxyl groups excluding tert-OH is 1. The molecular formula is C16H12FN3O4S. The molecule has 0 aliphatic carbocycles. The molecule has 25 heavy (non-hydrogen) atoms. The molecule has 3 aromatic rings. The molecular weight excluding hydrogens is 349 g/mol. The Labute approximate surface area is 146 Å². The second-order valence-electron chi connectivity index (χ2n) is 5.23. The van der Waals surface area contributed by atoms with Crippen LogP contribution in [0.5, 0.6) is 0 Å². The van der Waals surface area contributed by atoms with Gasteiger partial charge in [-0.15, -0.1) is 5.10 Å². The average Bonchev–Trinajstić information content (AvgIpc) is 2.96. The van der Waals surface area contributed by atoms with Crippen molar-refractivity contribution in [3.8, 4) is 11.5 Å². The summed E-state index contributed by atoms with van der Waals surface area (Å²) in [5.74, 6) is -0.170. The van der Waals surface area contributed by atoms with Crippen LogP contribution < -0.4 is 0 Å². The highest BCUT2D eigenvalue weighted by Crippen LogP contribution is 2.22. The van der Waals surface area contributed by atoms with Crippen molar-refractivity contribution < 1.29 is 18.8 Å². The molecule has 0 aliphatic heterocycles. The van der Waals surface area contributed by atoms with Crippen LogP contribution in [0.4, 0.5) is 10.1 Å². The number of nitro benzene ring substituents is 1. The lowest BCUT2D eigenvalue weighted by Gasteiger charge is -2.09. The van der Waals surface area contributed by atoms with Crippen molar-refractivity contribution in [2.45, 2.75) is 12.6 Å². The number of aliphatic hydroxyl groups is 1. The summed E-state index contributed by atoms with van der Waals surface area (Å²) in [6, 6.07) is 11.1. The topological polar surface area (TPSA) is 94.3 Å². The molecule has 0 radical (unpaired) electrons. The molecule has 3 rings (SSSR count). The molecule has 9 heteroatoms. The Hall–Kier alpha value is -2.91. The monoisotopic (exact) mass is 361 g/mol. The molecule has 1 atom stereocenters. The van der Waals surface area contributed by atoms with E-state index in [1.165, 1.54) is 53.2 Å². The normalized spacial score (nSPS) is 12.1. The largest absolute Gasteiger partial charge is 0.409 e. The molecule has 2 aromatic carbocycles. The minimum atomic E-state index is -0.973. The minimum Gasteiger partial charge on any atom is -0.409 e. The molecule has 0 saturated heterocycles. The third-order valence-electron chi connectivity index (χ3n) is 3.53. The first-order valence-electron chi connectivity index (χ1n) is 7.20. The van der Waals surface area contributed by atoms with E-state index in [0.29, 0.717) is 11.1 Å². The first-order valence-corrected chi connectivity index (χ1v) is 7.61. The van der Waals surface area contributed by atoms with Crippen molar-refractivity contribution in [2.75, 3.05) is 0 Å². The third kappa shape index (κ3) is 3.78. The highest BCUT2D eigenvalue weighted by molar-refractivity contribution is 7.71. The van der Waals surface area contributed by atoms with E-state index in [2.05, 4.69) is 5.10 Å². The number of nitro groups is 1. The molecule has 0 amide bonds. The number of aromatic nitrogens is 2. The van der Waals surface area contributed by atoms with Gasteiger partial charge < -0.3 is 9.52 Å². The predicted molar refractivity (Wildman–Crippen MR) is 88.8 cm³/mol. The van der Waals surface area contributed by atoms with Crippen LogP contribution in [0, 0.1) is 20.8 Å². The first-order chi connectivity index (χ1) is 11.9. The van der Waals surface area contributed by atoms with Gasteiger partial charge in [-0.25, -0.2) is 9.07 Å². The first kappa shape index (κ1) is 16.9. The van der Waals surface area contributed by atoms with Gasteiger partial charge in [-0.3, -0.25) is 10.1 Å². The fourth-order valence-electron chi connectivity index (χ4n) is 2.22. The van der Waals surface area contributed by atoms with Crippen molar-refractivity contribution in [3.63, 3.8) is 0 Å². The molecule has 0 saturated carbocycles. The summed E-state index contributed by atoms with van der Waals surface area (Å²) in [4.78, 5) is 10.2. The summed E-state index contributed by atoms with van der Waals surface area (Å²) >= 11 is 5.08. The Morgan fingerprint density at radius 2 is 1.88 bits per heavy atom. The summed E-state index contributed by atoms with van der Waals surface area (Å²) in [5, 5.41) is 25.1. The number of nitrogens with zero attached hydrogens (tertiary/aromatic N) is 3. The second kappa shape index (κ2) is 6.91. The van der Waals surface area contributed by atoms with Crippen LogP contribution in [0.2, 0.25) is 0 Å². The average molecular weight is 361 g/mol. The van der Waals surface area contributed by atoms with Crippen LogP contribution in [-0.4, -0.2) is 19.8 Å². The lowest BCUT2D eigenvalue weighted by Crippen LogP contribution is -2.10. The van der Waals surface area contributed by atoms with Crippen LogP contribution in [0.1, 0.15) is 11.7 Å². The number of rotatable bonds is 5. The maximum atomic E-state index is 13.0. The molecule has 128 valence electrons. The summed E-state index contributed by atoms with van der Waals surface area (Å²) in [6.07, 6.45) is -0.973. The number of halogens is 1. The van der Waals surface area contributed by atoms with Crippen LogP contribution in [0.25, 0.3) is 11.5 Å². The van der Waals surface area contributed by atoms with Gasteiger partial charge in [0.15, 0.2) is 0 Å². The maximum absolute atomic E-state index is 13.0. The molecule has 1 aromatic heterocycles. The van der Waals surface area contributed by atoms with E-state index in [-0.39, 0.29) is 28.8 Å². The number of hydrogen-bond donors (Lipinski definition) is 1. The van der Waals surface area contributed by atoms with Gasteiger partial charge in [0, 0.05) is 17.7 Å². The quantitative estimate of drug-likeness (QED) is 0.423. The lowest BCUT2D eigenvalue weighted by molar-refractivity contribution is -0.384. The lowest BCUT2D eigenvalue weighted by atomic mass is 10.1. The van der Waals surface area contributed by atoms with Gasteiger partial charge in [0.1, 0.15) is 5.82 Å². The molecule has 1 unspecified atom stereocenters. The standard InChI is InChI=1S/C16H12FN3O4S/c17-12-5-1-11(2-6-12)15-18-19(16(25)24-15)9-14(21)10-3-7-13(8-4-10)20(22)23/h1-8,14,21H,9H2. The minimum absolute atomic E-state index is 0.0152. The molecule has 0 spiro atoms. The summed E-state index contributed by atoms with van der Waals surface area (Å²) < 4.78 is 19.7. The van der Waals surface area contributed by atoms with Crippen LogP contribution in [0.3, 0.4) is 0 Å². The smallest absolute Gasteiger partial charge is 0.287 e. The predicted octanol–water partition coefficient (Wildman–Crippen LogP) is 3.65. The highest BCUT2D eigenvalue weighted by Gasteiger charge is 2.15. The number of non-ortho nitro benzene ring substituents is 1. The van der Waals surface area contributed by atoms with Crippen LogP contribution in [0.15, 0.2) is 52.9 Å². The Kier molecular flexibility index (Phi) is 4.68. The van der Waals surface area contributed by atoms with Crippen molar-refractivity contribution in [1.82, 2.24) is 9.78 Å². The molecule has 1 heterocycles. The van der Waals surface area contributed by atoms with Gasteiger partial charge in [0.25, 0.3) is 10.5 Å². The zero-order chi connectivity index (χ0) is 18.0. The van der Waals surface area contributed by atoms with Gasteiger partial charge in [0.2, 0.25) is 5.89 Å². The van der Waals surface area contributed by atoms with E-state index in [0.717, 1.165) is 0 Å². The van der Waals surface area contributed by atoms with Gasteiger partial charge in [-0.05, 0) is 54.2 Å². The van der Waals surface area contributed by atoms with E-state index in [1.807, 2.05) is 0 Å². The summed E-state index contributed by atoms with van der Waals surface area (Å²) in [5.41, 5.74) is 0.975. The van der Waals surface area contributed by atoms with Gasteiger partial charge in [0.05, 0.1) is 17.6 Å². The van der Waals surface area contributed by atoms with Crippen LogP contribution in [-0.2, 0) is 6.54 Å². The molecule has 0 bridgehead atoms. The SMILES string of the molecule is O=[N+]([O-])c1ccc(C(O)Cn2nc(-c3ccc(F)cc3)oc2=S)cc1. The summed E-state index contributed by atoms with van der Waals surface area (Å²) in [7, 11) is 0. The van der Waals surface area contributed by atoms with E-state index in [4.69, 9.17) is 16.6 Å². The Balaban J connectivity index is 1.79. The van der Waals surface area contributed by atoms with Gasteiger partial charge in [-0.1, -0.05) is 0 Å². The second-order valence-corrected chi connectivity index (χ2v) is 5.58. The Morgan fingerprint density at radius 3 is 2.48 bits per heavy atom. The van der Waals surface area contributed by atoms with E-state index in [9.17, 15) is 19.6 Å². The molecule has 7 nitrogen and oxygen atoms in total. The fourth-order valence-corrected chi connectivity index (χ4v) is 2.41. The van der Waals surface area contributed by atoms with Crippen molar-refractivity contribution in [2.24, 2.45) is 0 Å². The van der Waals surface area contributed by atoms with Gasteiger partial charge in [-0.2, -0.15) is 0 Å². The van der Waals surface area contributed by atoms with E-state index in [1.54, 1.807) is 0 Å². The Bertz CT molecular complexity index is 951. The van der Waals surface area contributed by atoms with Crippen LogP contribution >= 0.6 is 12.2 Å². The molecule has 0 aliphatic rings. The molecule has 1 N–H and O–H groups in total. The zero-order valence-corrected chi connectivity index (χ0v) is 13.5. The zero-order valence-electron chi connectivity index (χ0n) is 12.7. The van der Waals surface area contributed by atoms with Crippen molar-refractivity contribution in [1.29, 1.82) is 0 Å². The highest BCUT2D eigenvalue weighted by atomic mass is 32.1. The maximum Gasteiger partial charge on any atom is 0.287 e. The molecule has 0 fully saturated rings.